The molecule has 1 fully saturated rings. The third-order valence-corrected chi connectivity index (χ3v) is 3.49. The number of carbonyl (C=O) groups excluding carboxylic acids is 1. The first-order valence-corrected chi connectivity index (χ1v) is 6.20. The van der Waals surface area contributed by atoms with Crippen LogP contribution in [0.3, 0.4) is 0 Å². The molecule has 1 aliphatic rings. The number of amides is 1. The highest BCUT2D eigenvalue weighted by Gasteiger charge is 2.26. The summed E-state index contributed by atoms with van der Waals surface area (Å²) in [6, 6.07) is 4.95. The summed E-state index contributed by atoms with van der Waals surface area (Å²) < 4.78 is 19.0. The Morgan fingerprint density at radius 3 is 2.89 bits per heavy atom. The lowest BCUT2D eigenvalue weighted by Gasteiger charge is -2.13. The molecular formula is C14H18FNO2. The van der Waals surface area contributed by atoms with Gasteiger partial charge >= 0.3 is 0 Å². The molecule has 1 amide bonds. The largest absolute Gasteiger partial charge is 0.381 e. The van der Waals surface area contributed by atoms with Gasteiger partial charge in [0.2, 0.25) is 0 Å². The summed E-state index contributed by atoms with van der Waals surface area (Å²) in [5.74, 6) is -0.769. The minimum Gasteiger partial charge on any atom is -0.381 e. The number of ether oxygens (including phenoxy) is 1. The van der Waals surface area contributed by atoms with Crippen LogP contribution < -0.4 is 5.32 Å². The first kappa shape index (κ1) is 13.0. The molecule has 1 aromatic rings. The number of nitrogens with one attached hydrogen (secondary N) is 1. The summed E-state index contributed by atoms with van der Waals surface area (Å²) in [5, 5.41) is 2.87. The second-order valence-electron chi connectivity index (χ2n) is 4.78. The van der Waals surface area contributed by atoms with Crippen LogP contribution in [0.25, 0.3) is 0 Å². The van der Waals surface area contributed by atoms with E-state index in [4.69, 9.17) is 4.74 Å². The van der Waals surface area contributed by atoms with Gasteiger partial charge in [-0.15, -0.1) is 0 Å². The number of carbonyl (C=O) groups is 1. The lowest BCUT2D eigenvalue weighted by atomic mass is 10.1. The predicted octanol–water partition coefficient (Wildman–Crippen LogP) is 2.43. The van der Waals surface area contributed by atoms with E-state index in [1.165, 1.54) is 6.07 Å². The molecule has 1 aliphatic carbocycles. The average Bonchev–Trinajstić information content (AvgIpc) is 2.80. The minimum absolute atomic E-state index is 0.0855. The van der Waals surface area contributed by atoms with Gasteiger partial charge in [0, 0.05) is 13.2 Å². The van der Waals surface area contributed by atoms with Crippen LogP contribution in [0.2, 0.25) is 0 Å². The van der Waals surface area contributed by atoms with Crippen molar-refractivity contribution in [3.8, 4) is 0 Å². The molecule has 0 aromatic heterocycles. The van der Waals surface area contributed by atoms with E-state index in [0.717, 1.165) is 19.3 Å². The molecule has 2 unspecified atom stereocenters. The van der Waals surface area contributed by atoms with Gasteiger partial charge in [0.25, 0.3) is 5.91 Å². The van der Waals surface area contributed by atoms with Gasteiger partial charge in [-0.25, -0.2) is 4.39 Å². The molecule has 4 heteroatoms. The summed E-state index contributed by atoms with van der Waals surface area (Å²) >= 11 is 0. The quantitative estimate of drug-likeness (QED) is 0.896. The summed E-state index contributed by atoms with van der Waals surface area (Å²) in [5.41, 5.74) is 0.611. The summed E-state index contributed by atoms with van der Waals surface area (Å²) in [6.07, 6.45) is 2.84. The molecule has 2 atom stereocenters. The summed E-state index contributed by atoms with van der Waals surface area (Å²) in [4.78, 5) is 12.0. The Hall–Kier alpha value is -1.42. The van der Waals surface area contributed by atoms with Crippen LogP contribution >= 0.6 is 0 Å². The molecular weight excluding hydrogens is 233 g/mol. The van der Waals surface area contributed by atoms with Crippen LogP contribution in [0.15, 0.2) is 18.2 Å². The van der Waals surface area contributed by atoms with Crippen molar-refractivity contribution < 1.29 is 13.9 Å². The second-order valence-corrected chi connectivity index (χ2v) is 4.78. The van der Waals surface area contributed by atoms with Crippen LogP contribution in [0.4, 0.5) is 4.39 Å². The minimum atomic E-state index is -0.434. The Labute approximate surface area is 106 Å². The van der Waals surface area contributed by atoms with E-state index in [9.17, 15) is 9.18 Å². The van der Waals surface area contributed by atoms with Crippen LogP contribution in [-0.4, -0.2) is 25.2 Å². The van der Waals surface area contributed by atoms with Gasteiger partial charge in [-0.1, -0.05) is 12.1 Å². The molecule has 0 aliphatic heterocycles. The standard InChI is InChI=1S/C14H18FNO2/c1-9-4-3-5-12(13(9)15)14(17)16-10-6-7-11(8-10)18-2/h3-5,10-11H,6-8H2,1-2H3,(H,16,17). The number of benzene rings is 1. The second kappa shape index (κ2) is 5.48. The van der Waals surface area contributed by atoms with Gasteiger partial charge in [-0.3, -0.25) is 4.79 Å². The third kappa shape index (κ3) is 2.70. The van der Waals surface area contributed by atoms with Crippen molar-refractivity contribution in [2.45, 2.75) is 38.3 Å². The highest BCUT2D eigenvalue weighted by molar-refractivity contribution is 5.94. The van der Waals surface area contributed by atoms with Crippen molar-refractivity contribution in [2.75, 3.05) is 7.11 Å². The molecule has 0 saturated heterocycles. The number of methoxy groups -OCH3 is 1. The van der Waals surface area contributed by atoms with Crippen LogP contribution in [-0.2, 0) is 4.74 Å². The average molecular weight is 251 g/mol. The fraction of sp³-hybridized carbons (Fsp3) is 0.500. The molecule has 98 valence electrons. The van der Waals surface area contributed by atoms with Crippen molar-refractivity contribution in [3.63, 3.8) is 0 Å². The number of aryl methyl sites for hydroxylation is 1. The van der Waals surface area contributed by atoms with E-state index in [-0.39, 0.29) is 23.6 Å². The van der Waals surface area contributed by atoms with E-state index < -0.39 is 5.82 Å². The number of halogens is 1. The SMILES string of the molecule is COC1CCC(NC(=O)c2cccc(C)c2F)C1. The number of hydrogen-bond donors (Lipinski definition) is 1. The molecule has 0 spiro atoms. The first-order valence-electron chi connectivity index (χ1n) is 6.20. The van der Waals surface area contributed by atoms with E-state index in [1.54, 1.807) is 26.2 Å². The molecule has 3 nitrogen and oxygen atoms in total. The topological polar surface area (TPSA) is 38.3 Å². The van der Waals surface area contributed by atoms with Crippen molar-refractivity contribution >= 4 is 5.91 Å². The fourth-order valence-corrected chi connectivity index (χ4v) is 2.37. The smallest absolute Gasteiger partial charge is 0.254 e. The van der Waals surface area contributed by atoms with Gasteiger partial charge in [0.15, 0.2) is 0 Å². The maximum Gasteiger partial charge on any atom is 0.254 e. The van der Waals surface area contributed by atoms with Crippen molar-refractivity contribution in [3.05, 3.63) is 35.1 Å². The van der Waals surface area contributed by atoms with Crippen molar-refractivity contribution in [1.82, 2.24) is 5.32 Å². The molecule has 18 heavy (non-hydrogen) atoms. The molecule has 0 radical (unpaired) electrons. The summed E-state index contributed by atoms with van der Waals surface area (Å²) in [6.45, 7) is 1.66. The van der Waals surface area contributed by atoms with Gasteiger partial charge in [-0.05, 0) is 37.8 Å². The third-order valence-electron chi connectivity index (χ3n) is 3.49. The lowest BCUT2D eigenvalue weighted by molar-refractivity contribution is 0.0911. The number of hydrogen-bond acceptors (Lipinski definition) is 2. The zero-order valence-corrected chi connectivity index (χ0v) is 10.7. The molecule has 1 N–H and O–H groups in total. The van der Waals surface area contributed by atoms with Crippen molar-refractivity contribution in [1.29, 1.82) is 0 Å². The van der Waals surface area contributed by atoms with Gasteiger partial charge in [0.05, 0.1) is 11.7 Å². The molecule has 2 rings (SSSR count). The van der Waals surface area contributed by atoms with Gasteiger partial charge in [0.1, 0.15) is 5.82 Å². The Balaban J connectivity index is 2.02. The summed E-state index contributed by atoms with van der Waals surface area (Å²) in [7, 11) is 1.68. The molecule has 0 heterocycles. The van der Waals surface area contributed by atoms with Crippen LogP contribution in [0, 0.1) is 12.7 Å². The fourth-order valence-electron chi connectivity index (χ4n) is 2.37. The van der Waals surface area contributed by atoms with Gasteiger partial charge < -0.3 is 10.1 Å². The van der Waals surface area contributed by atoms with Gasteiger partial charge in [-0.2, -0.15) is 0 Å². The molecule has 1 aromatic carbocycles. The normalized spacial score (nSPS) is 23.1. The zero-order chi connectivity index (χ0) is 13.1. The Morgan fingerprint density at radius 2 is 2.22 bits per heavy atom. The monoisotopic (exact) mass is 251 g/mol. The van der Waals surface area contributed by atoms with Crippen molar-refractivity contribution in [2.24, 2.45) is 0 Å². The molecule has 0 bridgehead atoms. The van der Waals surface area contributed by atoms with E-state index in [0.29, 0.717) is 5.56 Å². The zero-order valence-electron chi connectivity index (χ0n) is 10.7. The first-order chi connectivity index (χ1) is 8.61. The van der Waals surface area contributed by atoms with E-state index >= 15 is 0 Å². The predicted molar refractivity (Wildman–Crippen MR) is 67.0 cm³/mol. The Morgan fingerprint density at radius 1 is 1.44 bits per heavy atom. The maximum atomic E-state index is 13.8. The lowest BCUT2D eigenvalue weighted by Crippen LogP contribution is -2.34. The van der Waals surface area contributed by atoms with Crippen LogP contribution in [0.5, 0.6) is 0 Å². The van der Waals surface area contributed by atoms with E-state index in [2.05, 4.69) is 5.32 Å². The van der Waals surface area contributed by atoms with Crippen LogP contribution in [0.1, 0.15) is 35.2 Å². The number of rotatable bonds is 3. The molecule has 1 saturated carbocycles. The highest BCUT2D eigenvalue weighted by atomic mass is 19.1. The Bertz CT molecular complexity index is 447. The maximum absolute atomic E-state index is 13.8. The highest BCUT2D eigenvalue weighted by Crippen LogP contribution is 2.22. The Kier molecular flexibility index (Phi) is 3.97. The van der Waals surface area contributed by atoms with E-state index in [1.807, 2.05) is 0 Å².